The highest BCUT2D eigenvalue weighted by molar-refractivity contribution is 6.12. The summed E-state index contributed by atoms with van der Waals surface area (Å²) in [5.41, 5.74) is 6.65. The van der Waals surface area contributed by atoms with Crippen molar-refractivity contribution in [2.45, 2.75) is 0 Å². The van der Waals surface area contributed by atoms with Crippen molar-refractivity contribution in [2.75, 3.05) is 0 Å². The van der Waals surface area contributed by atoms with Gasteiger partial charge >= 0.3 is 0 Å². The molecule has 2 heterocycles. The Labute approximate surface area is 259 Å². The van der Waals surface area contributed by atoms with Gasteiger partial charge in [0.25, 0.3) is 0 Å². The monoisotopic (exact) mass is 575 g/mol. The van der Waals surface area contributed by atoms with E-state index in [-0.39, 0.29) is 0 Å². The molecule has 45 heavy (non-hydrogen) atoms. The van der Waals surface area contributed by atoms with Crippen LogP contribution in [0.2, 0.25) is 0 Å². The zero-order valence-corrected chi connectivity index (χ0v) is 24.2. The fourth-order valence-corrected chi connectivity index (χ4v) is 6.41. The van der Waals surface area contributed by atoms with Gasteiger partial charge < -0.3 is 4.42 Å². The van der Waals surface area contributed by atoms with E-state index >= 15 is 0 Å². The third-order valence-corrected chi connectivity index (χ3v) is 8.52. The highest BCUT2D eigenvalue weighted by atomic mass is 16.3. The molecule has 4 heteroatoms. The van der Waals surface area contributed by atoms with E-state index in [0.29, 0.717) is 17.5 Å². The molecule has 0 atom stereocenters. The van der Waals surface area contributed by atoms with Crippen molar-refractivity contribution >= 4 is 43.5 Å². The molecule has 0 saturated heterocycles. The molecule has 0 aliphatic rings. The highest BCUT2D eigenvalue weighted by Crippen LogP contribution is 2.40. The fraction of sp³-hybridized carbons (Fsp3) is 0. The SMILES string of the molecule is c1ccc(-c2c(-c3nc(-c4ccc5ccccc5c4)nc(-c4cccc5oc6ccccc6c45)n3)ccc3ccccc23)cc1. The van der Waals surface area contributed by atoms with Crippen molar-refractivity contribution < 1.29 is 4.42 Å². The van der Waals surface area contributed by atoms with E-state index in [1.54, 1.807) is 0 Å². The van der Waals surface area contributed by atoms with Crippen LogP contribution in [0.4, 0.5) is 0 Å². The average molecular weight is 576 g/mol. The molecular weight excluding hydrogens is 550 g/mol. The Morgan fingerprint density at radius 1 is 0.378 bits per heavy atom. The first-order valence-corrected chi connectivity index (χ1v) is 15.0. The topological polar surface area (TPSA) is 51.8 Å². The van der Waals surface area contributed by atoms with Gasteiger partial charge in [-0.15, -0.1) is 0 Å². The van der Waals surface area contributed by atoms with Gasteiger partial charge in [0.15, 0.2) is 17.5 Å². The summed E-state index contributed by atoms with van der Waals surface area (Å²) in [4.78, 5) is 15.6. The van der Waals surface area contributed by atoms with Crippen LogP contribution in [0.5, 0.6) is 0 Å². The molecule has 0 saturated carbocycles. The van der Waals surface area contributed by atoms with E-state index in [0.717, 1.165) is 60.5 Å². The summed E-state index contributed by atoms with van der Waals surface area (Å²) in [6, 6.07) is 52.2. The first-order valence-electron chi connectivity index (χ1n) is 15.0. The van der Waals surface area contributed by atoms with Crippen LogP contribution in [0.15, 0.2) is 156 Å². The molecule has 0 fully saturated rings. The van der Waals surface area contributed by atoms with Crippen LogP contribution in [0, 0.1) is 0 Å². The van der Waals surface area contributed by atoms with Gasteiger partial charge in [0.05, 0.1) is 0 Å². The minimum atomic E-state index is 0.604. The number of hydrogen-bond donors (Lipinski definition) is 0. The van der Waals surface area contributed by atoms with Crippen LogP contribution >= 0.6 is 0 Å². The van der Waals surface area contributed by atoms with Gasteiger partial charge in [-0.2, -0.15) is 0 Å². The summed E-state index contributed by atoms with van der Waals surface area (Å²) >= 11 is 0. The number of benzene rings is 7. The predicted molar refractivity (Wildman–Crippen MR) is 184 cm³/mol. The third kappa shape index (κ3) is 4.27. The lowest BCUT2D eigenvalue weighted by Gasteiger charge is -2.15. The minimum absolute atomic E-state index is 0.604. The number of nitrogens with zero attached hydrogens (tertiary/aromatic N) is 3. The molecule has 0 aliphatic heterocycles. The van der Waals surface area contributed by atoms with Crippen LogP contribution < -0.4 is 0 Å². The average Bonchev–Trinajstić information content (AvgIpc) is 3.50. The second-order valence-electron chi connectivity index (χ2n) is 11.2. The molecule has 0 aliphatic carbocycles. The third-order valence-electron chi connectivity index (χ3n) is 8.52. The largest absolute Gasteiger partial charge is 0.456 e. The van der Waals surface area contributed by atoms with Crippen molar-refractivity contribution in [1.29, 1.82) is 0 Å². The number of rotatable bonds is 4. The Bertz CT molecular complexity index is 2550. The van der Waals surface area contributed by atoms with Crippen molar-refractivity contribution in [3.63, 3.8) is 0 Å². The molecule has 0 amide bonds. The number of furan rings is 1. The zero-order chi connectivity index (χ0) is 29.7. The molecule has 0 spiro atoms. The Balaban J connectivity index is 1.36. The van der Waals surface area contributed by atoms with Crippen molar-refractivity contribution in [1.82, 2.24) is 15.0 Å². The summed E-state index contributed by atoms with van der Waals surface area (Å²) in [7, 11) is 0. The zero-order valence-electron chi connectivity index (χ0n) is 24.2. The Morgan fingerprint density at radius 2 is 1.02 bits per heavy atom. The van der Waals surface area contributed by atoms with E-state index in [1.807, 2.05) is 36.4 Å². The number of hydrogen-bond acceptors (Lipinski definition) is 4. The van der Waals surface area contributed by atoms with Crippen LogP contribution in [0.3, 0.4) is 0 Å². The second kappa shape index (κ2) is 10.2. The molecule has 9 rings (SSSR count). The van der Waals surface area contributed by atoms with Gasteiger partial charge in [0, 0.05) is 33.0 Å². The lowest BCUT2D eigenvalue weighted by molar-refractivity contribution is 0.669. The maximum Gasteiger partial charge on any atom is 0.164 e. The molecule has 7 aromatic carbocycles. The molecule has 0 radical (unpaired) electrons. The summed E-state index contributed by atoms with van der Waals surface area (Å²) in [6.07, 6.45) is 0. The number of aromatic nitrogens is 3. The van der Waals surface area contributed by atoms with Gasteiger partial charge in [-0.3, -0.25) is 0 Å². The smallest absolute Gasteiger partial charge is 0.164 e. The van der Waals surface area contributed by atoms with E-state index in [9.17, 15) is 0 Å². The Morgan fingerprint density at radius 3 is 1.89 bits per heavy atom. The quantitative estimate of drug-likeness (QED) is 0.209. The Hall–Kier alpha value is -6.13. The molecule has 9 aromatic rings. The summed E-state index contributed by atoms with van der Waals surface area (Å²) in [6.45, 7) is 0. The van der Waals surface area contributed by atoms with E-state index in [2.05, 4.69) is 115 Å². The van der Waals surface area contributed by atoms with Gasteiger partial charge in [0.2, 0.25) is 0 Å². The van der Waals surface area contributed by atoms with E-state index in [1.165, 1.54) is 10.8 Å². The first kappa shape index (κ1) is 25.4. The molecule has 0 bridgehead atoms. The van der Waals surface area contributed by atoms with Crippen molar-refractivity contribution in [3.8, 4) is 45.3 Å². The predicted octanol–water partition coefficient (Wildman–Crippen LogP) is 10.7. The molecule has 0 N–H and O–H groups in total. The summed E-state index contributed by atoms with van der Waals surface area (Å²) in [5.74, 6) is 1.85. The maximum absolute atomic E-state index is 6.25. The highest BCUT2D eigenvalue weighted by Gasteiger charge is 2.20. The lowest BCUT2D eigenvalue weighted by atomic mass is 9.93. The number of para-hydroxylation sites is 1. The first-order chi connectivity index (χ1) is 22.3. The van der Waals surface area contributed by atoms with Crippen LogP contribution in [-0.4, -0.2) is 15.0 Å². The summed E-state index contributed by atoms with van der Waals surface area (Å²) in [5, 5.41) is 6.66. The molecular formula is C41H25N3O. The fourth-order valence-electron chi connectivity index (χ4n) is 6.41. The van der Waals surface area contributed by atoms with Gasteiger partial charge in [-0.1, -0.05) is 127 Å². The van der Waals surface area contributed by atoms with Crippen molar-refractivity contribution in [2.24, 2.45) is 0 Å². The molecule has 2 aromatic heterocycles. The van der Waals surface area contributed by atoms with Crippen LogP contribution in [0.1, 0.15) is 0 Å². The van der Waals surface area contributed by atoms with Crippen LogP contribution in [-0.2, 0) is 0 Å². The van der Waals surface area contributed by atoms with Crippen molar-refractivity contribution in [3.05, 3.63) is 152 Å². The van der Waals surface area contributed by atoms with Crippen LogP contribution in [0.25, 0.3) is 88.8 Å². The molecule has 210 valence electrons. The normalized spacial score (nSPS) is 11.6. The molecule has 4 nitrogen and oxygen atoms in total. The second-order valence-corrected chi connectivity index (χ2v) is 11.2. The van der Waals surface area contributed by atoms with Gasteiger partial charge in [-0.25, -0.2) is 15.0 Å². The maximum atomic E-state index is 6.25. The molecule has 0 unspecified atom stereocenters. The summed E-state index contributed by atoms with van der Waals surface area (Å²) < 4.78 is 6.25. The van der Waals surface area contributed by atoms with E-state index in [4.69, 9.17) is 19.4 Å². The van der Waals surface area contributed by atoms with Gasteiger partial charge in [0.1, 0.15) is 11.2 Å². The minimum Gasteiger partial charge on any atom is -0.456 e. The Kier molecular flexibility index (Phi) is 5.78. The lowest BCUT2D eigenvalue weighted by Crippen LogP contribution is -2.01. The van der Waals surface area contributed by atoms with Gasteiger partial charge in [-0.05, 0) is 51.4 Å². The number of fused-ring (bicyclic) bond motifs is 5. The van der Waals surface area contributed by atoms with E-state index < -0.39 is 0 Å². The standard InChI is InChI=1S/C41H25N3O/c1-2-13-28(14-3-1)37-31-16-7-6-12-27(31)23-24-34(37)41-43-39(30-22-21-26-11-4-5-15-29(26)25-30)42-40(44-41)33-18-10-20-36-38(33)32-17-8-9-19-35(32)45-36/h1-25H.